The molecule has 7 atom stereocenters. The van der Waals surface area contributed by atoms with Gasteiger partial charge in [-0.3, -0.25) is 37.3 Å². The van der Waals surface area contributed by atoms with Crippen LogP contribution in [0.2, 0.25) is 0 Å². The molecule has 0 aliphatic rings. The molecule has 0 aliphatic heterocycles. The predicted octanol–water partition coefficient (Wildman–Crippen LogP) is 20.6. The number of aliphatic hydroxyl groups excluding tert-OH is 1. The molecule has 0 spiro atoms. The number of carbonyl (C=O) groups is 4. The zero-order valence-electron chi connectivity index (χ0n) is 59.5. The van der Waals surface area contributed by atoms with Gasteiger partial charge >= 0.3 is 39.5 Å². The van der Waals surface area contributed by atoms with Crippen LogP contribution in [-0.4, -0.2) is 96.7 Å². The fraction of sp³-hybridized carbons (Fsp3) is 0.890. The lowest BCUT2D eigenvalue weighted by atomic mass is 9.99. The molecular weight excluding hydrogens is 1210 g/mol. The summed E-state index contributed by atoms with van der Waals surface area (Å²) in [6, 6.07) is 0. The van der Waals surface area contributed by atoms with Gasteiger partial charge in [-0.25, -0.2) is 9.13 Å². The number of hydrogen-bond acceptors (Lipinski definition) is 15. The zero-order chi connectivity index (χ0) is 68.0. The highest BCUT2D eigenvalue weighted by molar-refractivity contribution is 7.47. The van der Waals surface area contributed by atoms with Gasteiger partial charge in [0.25, 0.3) is 0 Å². The maximum absolute atomic E-state index is 13.0. The molecule has 0 saturated heterocycles. The first-order valence-electron chi connectivity index (χ1n) is 37.2. The molecule has 0 heterocycles. The van der Waals surface area contributed by atoms with Gasteiger partial charge in [0.1, 0.15) is 19.3 Å². The Hall–Kier alpha value is -2.46. The minimum absolute atomic E-state index is 0.0994. The second kappa shape index (κ2) is 63.3. The number of ether oxygens (including phenoxy) is 4. The number of allylic oxidation sites excluding steroid dienone is 4. The van der Waals surface area contributed by atoms with Gasteiger partial charge < -0.3 is 33.8 Å². The first-order valence-corrected chi connectivity index (χ1v) is 40.2. The van der Waals surface area contributed by atoms with Gasteiger partial charge in [-0.05, 0) is 69.1 Å². The highest BCUT2D eigenvalue weighted by atomic mass is 31.2. The van der Waals surface area contributed by atoms with E-state index < -0.39 is 97.5 Å². The Kier molecular flexibility index (Phi) is 61.6. The lowest BCUT2D eigenvalue weighted by molar-refractivity contribution is -0.161. The fourth-order valence-corrected chi connectivity index (χ4v) is 12.0. The van der Waals surface area contributed by atoms with E-state index in [1.807, 2.05) is 0 Å². The van der Waals surface area contributed by atoms with E-state index in [9.17, 15) is 43.2 Å². The van der Waals surface area contributed by atoms with E-state index in [4.69, 9.17) is 37.0 Å². The SMILES string of the molecule is CCCCCC/C=C\C=C/CCCCCCCC(=O)OC[C@H](COP(=O)(O)OC[C@@H](O)COP(=O)(O)OC[C@@H](COC(=O)CCCCCCCCC(C)CC)OC(=O)CCCCCCCCCCC(C)CC)OC(=O)CCCCCCCCCCCCCCC(C)C. The number of phosphoric acid groups is 2. The van der Waals surface area contributed by atoms with Gasteiger partial charge in [-0.2, -0.15) is 0 Å². The van der Waals surface area contributed by atoms with E-state index in [1.54, 1.807) is 0 Å². The Morgan fingerprint density at radius 2 is 0.641 bits per heavy atom. The molecule has 0 fully saturated rings. The molecule has 0 saturated carbocycles. The molecule has 17 nitrogen and oxygen atoms in total. The van der Waals surface area contributed by atoms with Crippen molar-refractivity contribution in [3.05, 3.63) is 24.3 Å². The largest absolute Gasteiger partial charge is 0.472 e. The molecule has 0 amide bonds. The van der Waals surface area contributed by atoms with Gasteiger partial charge in [-0.15, -0.1) is 0 Å². The molecule has 3 N–H and O–H groups in total. The maximum atomic E-state index is 13.0. The minimum Gasteiger partial charge on any atom is -0.462 e. The number of hydrogen-bond donors (Lipinski definition) is 3. The number of phosphoric ester groups is 2. The smallest absolute Gasteiger partial charge is 0.462 e. The van der Waals surface area contributed by atoms with Crippen LogP contribution in [0.1, 0.15) is 344 Å². The molecule has 4 unspecified atom stereocenters. The van der Waals surface area contributed by atoms with Crippen LogP contribution in [-0.2, 0) is 65.4 Å². The van der Waals surface area contributed by atoms with E-state index in [0.717, 1.165) is 133 Å². The zero-order valence-corrected chi connectivity index (χ0v) is 61.3. The molecule has 0 rings (SSSR count). The third-order valence-corrected chi connectivity index (χ3v) is 18.9. The first kappa shape index (κ1) is 89.5. The number of unbranched alkanes of at least 4 members (excludes halogenated alkanes) is 32. The summed E-state index contributed by atoms with van der Waals surface area (Å²) in [6.07, 6.45) is 50.7. The van der Waals surface area contributed by atoms with Crippen LogP contribution in [0.5, 0.6) is 0 Å². The lowest BCUT2D eigenvalue weighted by Gasteiger charge is -2.21. The molecule has 0 bridgehead atoms. The normalized spacial score (nSPS) is 14.9. The van der Waals surface area contributed by atoms with Crippen molar-refractivity contribution in [1.29, 1.82) is 0 Å². The monoisotopic (exact) mass is 1350 g/mol. The van der Waals surface area contributed by atoms with Crippen molar-refractivity contribution >= 4 is 39.5 Å². The van der Waals surface area contributed by atoms with Crippen LogP contribution in [0.25, 0.3) is 0 Å². The third kappa shape index (κ3) is 63.6. The third-order valence-electron chi connectivity index (χ3n) is 17.0. The van der Waals surface area contributed by atoms with E-state index in [-0.39, 0.29) is 25.7 Å². The Labute approximate surface area is 561 Å². The summed E-state index contributed by atoms with van der Waals surface area (Å²) in [6.45, 7) is 11.8. The molecule has 542 valence electrons. The van der Waals surface area contributed by atoms with Crippen LogP contribution in [0, 0.1) is 17.8 Å². The van der Waals surface area contributed by atoms with Gasteiger partial charge in [0.15, 0.2) is 12.2 Å². The molecule has 0 aliphatic carbocycles. The molecule has 92 heavy (non-hydrogen) atoms. The quantitative estimate of drug-likeness (QED) is 0.0169. The first-order chi connectivity index (χ1) is 44.3. The molecular formula is C73H138O17P2. The van der Waals surface area contributed by atoms with Crippen molar-refractivity contribution in [2.24, 2.45) is 17.8 Å². The van der Waals surface area contributed by atoms with Crippen LogP contribution in [0.3, 0.4) is 0 Å². The van der Waals surface area contributed by atoms with E-state index in [2.05, 4.69) is 72.8 Å². The van der Waals surface area contributed by atoms with Crippen molar-refractivity contribution in [2.45, 2.75) is 362 Å². The van der Waals surface area contributed by atoms with E-state index >= 15 is 0 Å². The van der Waals surface area contributed by atoms with Crippen molar-refractivity contribution in [1.82, 2.24) is 0 Å². The molecule has 19 heteroatoms. The van der Waals surface area contributed by atoms with Crippen LogP contribution in [0.4, 0.5) is 0 Å². The van der Waals surface area contributed by atoms with Crippen LogP contribution in [0.15, 0.2) is 24.3 Å². The lowest BCUT2D eigenvalue weighted by Crippen LogP contribution is -2.30. The average molecular weight is 1350 g/mol. The van der Waals surface area contributed by atoms with Crippen LogP contribution >= 0.6 is 15.6 Å². The Morgan fingerprint density at radius 1 is 0.359 bits per heavy atom. The molecule has 0 aromatic carbocycles. The standard InChI is InChI=1S/C73H138O17P2/c1-8-11-12-13-14-15-16-17-18-19-23-26-32-40-47-54-70(75)83-60-68(89-72(77)56-49-42-33-27-24-21-20-22-25-30-37-44-51-64(4)5)62-87-91(79,80)85-58-67(74)59-86-92(81,82)88-63-69(61-84-71(76)55-48-41-36-35-39-46-53-66(7)10-3)90-73(78)57-50-43-34-29-28-31-38-45-52-65(6)9-2/h15-18,64-69,74H,8-14,19-63H2,1-7H3,(H,79,80)(H,81,82)/b16-15-,18-17-/t65?,66?,67-,68-,69-/m1/s1. The number of carbonyl (C=O) groups excluding carboxylic acids is 4. The number of aliphatic hydroxyl groups is 1. The van der Waals surface area contributed by atoms with E-state index in [0.29, 0.717) is 25.7 Å². The van der Waals surface area contributed by atoms with Gasteiger partial charge in [0, 0.05) is 25.7 Å². The van der Waals surface area contributed by atoms with Crippen molar-refractivity contribution in [3.8, 4) is 0 Å². The van der Waals surface area contributed by atoms with Crippen molar-refractivity contribution in [3.63, 3.8) is 0 Å². The van der Waals surface area contributed by atoms with Gasteiger partial charge in [0.05, 0.1) is 26.4 Å². The van der Waals surface area contributed by atoms with E-state index in [1.165, 1.54) is 128 Å². The Morgan fingerprint density at radius 3 is 0.967 bits per heavy atom. The van der Waals surface area contributed by atoms with Gasteiger partial charge in [0.2, 0.25) is 0 Å². The molecule has 0 aromatic rings. The second-order valence-corrected chi connectivity index (χ2v) is 29.5. The predicted molar refractivity (Wildman–Crippen MR) is 372 cm³/mol. The maximum Gasteiger partial charge on any atom is 0.472 e. The summed E-state index contributed by atoms with van der Waals surface area (Å²) < 4.78 is 68.4. The molecule has 0 radical (unpaired) electrons. The minimum atomic E-state index is -4.96. The fourth-order valence-electron chi connectivity index (χ4n) is 10.5. The highest BCUT2D eigenvalue weighted by Gasteiger charge is 2.30. The topological polar surface area (TPSA) is 237 Å². The number of rotatable bonds is 69. The van der Waals surface area contributed by atoms with Crippen molar-refractivity contribution in [2.75, 3.05) is 39.6 Å². The summed E-state index contributed by atoms with van der Waals surface area (Å²) in [5, 5.41) is 10.6. The summed E-state index contributed by atoms with van der Waals surface area (Å²) in [5.41, 5.74) is 0. The Balaban J connectivity index is 5.30. The summed E-state index contributed by atoms with van der Waals surface area (Å²) >= 11 is 0. The number of esters is 4. The second-order valence-electron chi connectivity index (χ2n) is 26.6. The average Bonchev–Trinajstić information content (AvgIpc) is 3.41. The van der Waals surface area contributed by atoms with Gasteiger partial charge in [-0.1, -0.05) is 291 Å². The summed E-state index contributed by atoms with van der Waals surface area (Å²) in [7, 11) is -9.92. The summed E-state index contributed by atoms with van der Waals surface area (Å²) in [4.78, 5) is 72.7. The van der Waals surface area contributed by atoms with Crippen LogP contribution < -0.4 is 0 Å². The molecule has 0 aromatic heterocycles. The highest BCUT2D eigenvalue weighted by Crippen LogP contribution is 2.45. The Bertz CT molecular complexity index is 1900. The van der Waals surface area contributed by atoms with Crippen molar-refractivity contribution < 1.29 is 80.2 Å². The summed E-state index contributed by atoms with van der Waals surface area (Å²) in [5.74, 6) is 0.116.